The van der Waals surface area contributed by atoms with E-state index in [0.717, 1.165) is 9.87 Å². The van der Waals surface area contributed by atoms with Crippen LogP contribution in [0.15, 0.2) is 41.3 Å². The number of hydrogen-bond donors (Lipinski definition) is 1. The van der Waals surface area contributed by atoms with Crippen molar-refractivity contribution < 1.29 is 17.9 Å². The molecule has 7 heteroatoms. The zero-order chi connectivity index (χ0) is 21.8. The van der Waals surface area contributed by atoms with Crippen molar-refractivity contribution in [2.45, 2.75) is 44.6 Å². The van der Waals surface area contributed by atoms with E-state index in [1.807, 2.05) is 13.0 Å². The van der Waals surface area contributed by atoms with Gasteiger partial charge < -0.3 is 10.1 Å². The second-order valence-electron chi connectivity index (χ2n) is 7.39. The van der Waals surface area contributed by atoms with E-state index in [1.54, 1.807) is 12.1 Å². The van der Waals surface area contributed by atoms with E-state index >= 15 is 0 Å². The maximum atomic E-state index is 12.5. The lowest BCUT2D eigenvalue weighted by Crippen LogP contribution is -2.27. The maximum Gasteiger partial charge on any atom is 0.242 e. The minimum atomic E-state index is -3.55. The van der Waals surface area contributed by atoms with Gasteiger partial charge in [0.25, 0.3) is 0 Å². The van der Waals surface area contributed by atoms with Gasteiger partial charge in [0.15, 0.2) is 0 Å². The number of amides is 1. The maximum absolute atomic E-state index is 12.5. The minimum absolute atomic E-state index is 0.0985. The highest BCUT2D eigenvalue weighted by Crippen LogP contribution is 2.25. The third-order valence-electron chi connectivity index (χ3n) is 5.06. The number of nitrogens with zero attached hydrogens (tertiary/aromatic N) is 1. The number of carbonyl (C=O) groups excluding carboxylic acids is 1. The molecule has 2 aromatic carbocycles. The molecule has 0 aliphatic rings. The molecule has 0 spiro atoms. The standard InChI is InChI=1S/C22H30N2O4S/c1-15-7-8-18(13-16(15)2)17(3)23-22(25)12-9-19-14-20(10-11-21(19)28-6)29(26,27)24(4)5/h7-8,10-11,13-14,17H,9,12H2,1-6H3,(H,23,25). The summed E-state index contributed by atoms with van der Waals surface area (Å²) in [5.41, 5.74) is 4.14. The van der Waals surface area contributed by atoms with E-state index in [-0.39, 0.29) is 23.3 Å². The number of methoxy groups -OCH3 is 1. The first-order chi connectivity index (χ1) is 13.6. The van der Waals surface area contributed by atoms with E-state index < -0.39 is 10.0 Å². The molecule has 1 N–H and O–H groups in total. The lowest BCUT2D eigenvalue weighted by atomic mass is 10.0. The van der Waals surface area contributed by atoms with E-state index in [4.69, 9.17) is 4.74 Å². The van der Waals surface area contributed by atoms with Crippen LogP contribution >= 0.6 is 0 Å². The number of benzene rings is 2. The van der Waals surface area contributed by atoms with E-state index in [2.05, 4.69) is 31.3 Å². The monoisotopic (exact) mass is 418 g/mol. The number of ether oxygens (including phenoxy) is 1. The minimum Gasteiger partial charge on any atom is -0.496 e. The quantitative estimate of drug-likeness (QED) is 0.713. The second kappa shape index (κ2) is 9.41. The number of sulfonamides is 1. The van der Waals surface area contributed by atoms with Crippen LogP contribution in [0.2, 0.25) is 0 Å². The zero-order valence-electron chi connectivity index (χ0n) is 17.9. The van der Waals surface area contributed by atoms with Crippen LogP contribution in [0, 0.1) is 13.8 Å². The molecule has 0 fully saturated rings. The summed E-state index contributed by atoms with van der Waals surface area (Å²) in [7, 11) is 0.954. The highest BCUT2D eigenvalue weighted by molar-refractivity contribution is 7.89. The molecule has 29 heavy (non-hydrogen) atoms. The van der Waals surface area contributed by atoms with Crippen molar-refractivity contribution >= 4 is 15.9 Å². The molecule has 0 bridgehead atoms. The molecule has 1 unspecified atom stereocenters. The van der Waals surface area contributed by atoms with Gasteiger partial charge in [-0.2, -0.15) is 0 Å². The first-order valence-electron chi connectivity index (χ1n) is 9.52. The molecule has 2 aromatic rings. The number of aryl methyl sites for hydroxylation is 3. The summed E-state index contributed by atoms with van der Waals surface area (Å²) in [6.45, 7) is 6.06. The smallest absolute Gasteiger partial charge is 0.242 e. The number of nitrogens with one attached hydrogen (secondary N) is 1. The predicted molar refractivity (Wildman–Crippen MR) is 115 cm³/mol. The summed E-state index contributed by atoms with van der Waals surface area (Å²) < 4.78 is 31.3. The van der Waals surface area contributed by atoms with Crippen LogP contribution in [0.1, 0.15) is 41.6 Å². The van der Waals surface area contributed by atoms with Crippen LogP contribution in [0.5, 0.6) is 5.75 Å². The van der Waals surface area contributed by atoms with Gasteiger partial charge in [-0.15, -0.1) is 0 Å². The molecule has 0 aliphatic heterocycles. The molecule has 6 nitrogen and oxygen atoms in total. The number of rotatable bonds is 8. The molecule has 158 valence electrons. The Kier molecular flexibility index (Phi) is 7.43. The molecule has 1 atom stereocenters. The van der Waals surface area contributed by atoms with Gasteiger partial charge in [-0.05, 0) is 67.6 Å². The Labute approximate surface area is 173 Å². The van der Waals surface area contributed by atoms with Gasteiger partial charge in [0.05, 0.1) is 18.0 Å². The highest BCUT2D eigenvalue weighted by Gasteiger charge is 2.19. The first-order valence-corrected chi connectivity index (χ1v) is 11.0. The van der Waals surface area contributed by atoms with Crippen molar-refractivity contribution in [2.75, 3.05) is 21.2 Å². The third-order valence-corrected chi connectivity index (χ3v) is 6.87. The van der Waals surface area contributed by atoms with Gasteiger partial charge in [0.1, 0.15) is 5.75 Å². The Hall–Kier alpha value is -2.38. The Morgan fingerprint density at radius 3 is 2.38 bits per heavy atom. The Bertz CT molecular complexity index is 984. The average Bonchev–Trinajstić information content (AvgIpc) is 2.67. The summed E-state index contributed by atoms with van der Waals surface area (Å²) in [5.74, 6) is 0.469. The molecule has 0 aliphatic carbocycles. The summed E-state index contributed by atoms with van der Waals surface area (Å²) in [4.78, 5) is 12.6. The van der Waals surface area contributed by atoms with Crippen molar-refractivity contribution in [3.63, 3.8) is 0 Å². The molecule has 1 amide bonds. The fourth-order valence-corrected chi connectivity index (χ4v) is 3.95. The number of carbonyl (C=O) groups is 1. The predicted octanol–water partition coefficient (Wildman–Crippen LogP) is 3.37. The van der Waals surface area contributed by atoms with Gasteiger partial charge in [0.2, 0.25) is 15.9 Å². The number of hydrogen-bond acceptors (Lipinski definition) is 4. The largest absolute Gasteiger partial charge is 0.496 e. The van der Waals surface area contributed by atoms with Crippen LogP contribution in [0.4, 0.5) is 0 Å². The molecular formula is C22H30N2O4S. The van der Waals surface area contributed by atoms with Crippen LogP contribution in [-0.2, 0) is 21.2 Å². The first kappa shape index (κ1) is 22.9. The summed E-state index contributed by atoms with van der Waals surface area (Å²) in [5, 5.41) is 3.01. The Morgan fingerprint density at radius 2 is 1.79 bits per heavy atom. The third kappa shape index (κ3) is 5.58. The van der Waals surface area contributed by atoms with E-state index in [9.17, 15) is 13.2 Å². The summed E-state index contributed by atoms with van der Waals surface area (Å²) in [6.07, 6.45) is 0.614. The van der Waals surface area contributed by atoms with Crippen molar-refractivity contribution in [1.82, 2.24) is 9.62 Å². The Balaban J connectivity index is 2.09. The van der Waals surface area contributed by atoms with Crippen molar-refractivity contribution in [1.29, 1.82) is 0 Å². The van der Waals surface area contributed by atoms with Gasteiger partial charge >= 0.3 is 0 Å². The van der Waals surface area contributed by atoms with Crippen LogP contribution < -0.4 is 10.1 Å². The molecule has 0 heterocycles. The SMILES string of the molecule is COc1ccc(S(=O)(=O)N(C)C)cc1CCC(=O)NC(C)c1ccc(C)c(C)c1. The van der Waals surface area contributed by atoms with Gasteiger partial charge in [-0.25, -0.2) is 12.7 Å². The molecular weight excluding hydrogens is 388 g/mol. The van der Waals surface area contributed by atoms with Crippen LogP contribution in [0.3, 0.4) is 0 Å². The molecule has 0 radical (unpaired) electrons. The molecule has 0 aromatic heterocycles. The van der Waals surface area contributed by atoms with Crippen LogP contribution in [-0.4, -0.2) is 39.8 Å². The van der Waals surface area contributed by atoms with E-state index in [1.165, 1.54) is 38.4 Å². The fourth-order valence-electron chi connectivity index (χ4n) is 3.00. The van der Waals surface area contributed by atoms with Gasteiger partial charge in [-0.1, -0.05) is 18.2 Å². The van der Waals surface area contributed by atoms with Crippen molar-refractivity contribution in [3.8, 4) is 5.75 Å². The van der Waals surface area contributed by atoms with Gasteiger partial charge in [0, 0.05) is 20.5 Å². The lowest BCUT2D eigenvalue weighted by molar-refractivity contribution is -0.121. The van der Waals surface area contributed by atoms with Crippen molar-refractivity contribution in [3.05, 3.63) is 58.7 Å². The summed E-state index contributed by atoms with van der Waals surface area (Å²) in [6, 6.07) is 10.8. The highest BCUT2D eigenvalue weighted by atomic mass is 32.2. The molecule has 0 saturated carbocycles. The van der Waals surface area contributed by atoms with Gasteiger partial charge in [-0.3, -0.25) is 4.79 Å². The van der Waals surface area contributed by atoms with E-state index in [0.29, 0.717) is 17.7 Å². The summed E-state index contributed by atoms with van der Waals surface area (Å²) >= 11 is 0. The average molecular weight is 419 g/mol. The molecule has 2 rings (SSSR count). The fraction of sp³-hybridized carbons (Fsp3) is 0.409. The topological polar surface area (TPSA) is 75.7 Å². The normalized spacial score (nSPS) is 12.7. The zero-order valence-corrected chi connectivity index (χ0v) is 18.8. The second-order valence-corrected chi connectivity index (χ2v) is 9.55. The Morgan fingerprint density at radius 1 is 1.10 bits per heavy atom. The molecule has 0 saturated heterocycles. The lowest BCUT2D eigenvalue weighted by Gasteiger charge is -2.17. The van der Waals surface area contributed by atoms with Crippen molar-refractivity contribution in [2.24, 2.45) is 0 Å². The van der Waals surface area contributed by atoms with Crippen LogP contribution in [0.25, 0.3) is 0 Å².